The molecule has 0 saturated heterocycles. The highest BCUT2D eigenvalue weighted by molar-refractivity contribution is 5.40. The first-order chi connectivity index (χ1) is 9.24. The van der Waals surface area contributed by atoms with Crippen LogP contribution in [0.15, 0.2) is 61.2 Å². The molecular weight excluding hydrogens is 232 g/mol. The predicted molar refractivity (Wildman–Crippen MR) is 80.4 cm³/mol. The minimum atomic E-state index is -0.0274. The largest absolute Gasteiger partial charge is 0.365 e. The molecule has 0 bridgehead atoms. The molecule has 0 fully saturated rings. The van der Waals surface area contributed by atoms with Gasteiger partial charge in [-0.3, -0.25) is 0 Å². The summed E-state index contributed by atoms with van der Waals surface area (Å²) in [6, 6.07) is 16.7. The van der Waals surface area contributed by atoms with Gasteiger partial charge in [-0.2, -0.15) is 0 Å². The van der Waals surface area contributed by atoms with Crippen LogP contribution in [-0.2, 0) is 4.74 Å². The minimum Gasteiger partial charge on any atom is -0.365 e. The van der Waals surface area contributed by atoms with Crippen LogP contribution >= 0.6 is 0 Å². The van der Waals surface area contributed by atoms with Crippen molar-refractivity contribution >= 4 is 0 Å². The first-order valence-corrected chi connectivity index (χ1v) is 6.57. The second-order valence-electron chi connectivity index (χ2n) is 4.72. The van der Waals surface area contributed by atoms with Crippen LogP contribution in [0.1, 0.15) is 28.4 Å². The molecule has 1 atom stereocenters. The molecule has 19 heavy (non-hydrogen) atoms. The van der Waals surface area contributed by atoms with Gasteiger partial charge in [0.15, 0.2) is 0 Å². The molecule has 0 heterocycles. The molecule has 0 aromatic heterocycles. The molecule has 0 saturated carbocycles. The van der Waals surface area contributed by atoms with Gasteiger partial charge in [0.25, 0.3) is 0 Å². The van der Waals surface area contributed by atoms with Gasteiger partial charge in [0.05, 0.1) is 6.61 Å². The maximum absolute atomic E-state index is 6.01. The summed E-state index contributed by atoms with van der Waals surface area (Å²) in [7, 11) is 0. The van der Waals surface area contributed by atoms with Crippen molar-refractivity contribution in [2.24, 2.45) is 0 Å². The Morgan fingerprint density at radius 3 is 2.21 bits per heavy atom. The fraction of sp³-hybridized carbons (Fsp3) is 0.222. The zero-order chi connectivity index (χ0) is 13.7. The molecule has 1 heteroatoms. The van der Waals surface area contributed by atoms with Crippen LogP contribution in [0.5, 0.6) is 0 Å². The normalized spacial score (nSPS) is 12.1. The summed E-state index contributed by atoms with van der Waals surface area (Å²) in [6.45, 7) is 8.56. The fourth-order valence-corrected chi connectivity index (χ4v) is 2.38. The van der Waals surface area contributed by atoms with Gasteiger partial charge in [-0.25, -0.2) is 0 Å². The van der Waals surface area contributed by atoms with E-state index in [0.29, 0.717) is 6.61 Å². The predicted octanol–water partition coefficient (Wildman–Crippen LogP) is 4.60. The quantitative estimate of drug-likeness (QED) is 0.707. The molecule has 0 spiro atoms. The maximum Gasteiger partial charge on any atom is 0.108 e. The molecule has 98 valence electrons. The second-order valence-corrected chi connectivity index (χ2v) is 4.72. The molecule has 2 aromatic carbocycles. The SMILES string of the molecule is C=CCO[C@@H](c1ccccc1)c1c(C)cccc1C. The van der Waals surface area contributed by atoms with E-state index in [4.69, 9.17) is 4.74 Å². The van der Waals surface area contributed by atoms with E-state index < -0.39 is 0 Å². The number of hydrogen-bond acceptors (Lipinski definition) is 1. The van der Waals surface area contributed by atoms with Crippen LogP contribution < -0.4 is 0 Å². The van der Waals surface area contributed by atoms with Crippen molar-refractivity contribution in [3.63, 3.8) is 0 Å². The molecule has 0 unspecified atom stereocenters. The Morgan fingerprint density at radius 1 is 1.00 bits per heavy atom. The molecule has 2 rings (SSSR count). The van der Waals surface area contributed by atoms with Crippen molar-refractivity contribution in [3.05, 3.63) is 83.4 Å². The number of hydrogen-bond donors (Lipinski definition) is 0. The highest BCUT2D eigenvalue weighted by atomic mass is 16.5. The van der Waals surface area contributed by atoms with Crippen molar-refractivity contribution in [1.29, 1.82) is 0 Å². The van der Waals surface area contributed by atoms with Crippen LogP contribution in [0, 0.1) is 13.8 Å². The molecule has 0 aliphatic rings. The maximum atomic E-state index is 6.01. The van der Waals surface area contributed by atoms with E-state index in [1.807, 2.05) is 18.2 Å². The lowest BCUT2D eigenvalue weighted by Crippen LogP contribution is -2.09. The number of rotatable bonds is 5. The Bertz CT molecular complexity index is 523. The van der Waals surface area contributed by atoms with E-state index in [9.17, 15) is 0 Å². The lowest BCUT2D eigenvalue weighted by atomic mass is 9.93. The Balaban J connectivity index is 2.46. The topological polar surface area (TPSA) is 9.23 Å². The first-order valence-electron chi connectivity index (χ1n) is 6.57. The van der Waals surface area contributed by atoms with Gasteiger partial charge in [-0.15, -0.1) is 6.58 Å². The lowest BCUT2D eigenvalue weighted by molar-refractivity contribution is 0.103. The molecule has 0 aliphatic carbocycles. The summed E-state index contributed by atoms with van der Waals surface area (Å²) in [4.78, 5) is 0. The summed E-state index contributed by atoms with van der Waals surface area (Å²) in [5, 5.41) is 0. The van der Waals surface area contributed by atoms with Crippen LogP contribution in [0.2, 0.25) is 0 Å². The van der Waals surface area contributed by atoms with E-state index in [-0.39, 0.29) is 6.10 Å². The highest BCUT2D eigenvalue weighted by Crippen LogP contribution is 2.30. The fourth-order valence-electron chi connectivity index (χ4n) is 2.38. The van der Waals surface area contributed by atoms with Crippen molar-refractivity contribution in [1.82, 2.24) is 0 Å². The number of benzene rings is 2. The van der Waals surface area contributed by atoms with E-state index >= 15 is 0 Å². The van der Waals surface area contributed by atoms with E-state index in [0.717, 1.165) is 0 Å². The summed E-state index contributed by atoms with van der Waals surface area (Å²) in [6.07, 6.45) is 1.77. The average molecular weight is 252 g/mol. The third-order valence-corrected chi connectivity index (χ3v) is 3.29. The zero-order valence-corrected chi connectivity index (χ0v) is 11.6. The van der Waals surface area contributed by atoms with Crippen LogP contribution in [0.4, 0.5) is 0 Å². The Morgan fingerprint density at radius 2 is 1.63 bits per heavy atom. The number of ether oxygens (including phenoxy) is 1. The standard InChI is InChI=1S/C18H20O/c1-4-13-19-18(16-11-6-5-7-12-16)17-14(2)9-8-10-15(17)3/h4-12,18H,1,13H2,2-3H3/t18-/m0/s1. The molecular formula is C18H20O. The van der Waals surface area contributed by atoms with Crippen molar-refractivity contribution in [2.75, 3.05) is 6.61 Å². The van der Waals surface area contributed by atoms with Crippen molar-refractivity contribution < 1.29 is 4.74 Å². The van der Waals surface area contributed by atoms with Crippen LogP contribution in [0.3, 0.4) is 0 Å². The van der Waals surface area contributed by atoms with E-state index in [1.54, 1.807) is 6.08 Å². The van der Waals surface area contributed by atoms with Gasteiger partial charge in [0.2, 0.25) is 0 Å². The molecule has 2 aromatic rings. The van der Waals surface area contributed by atoms with Gasteiger partial charge in [-0.1, -0.05) is 54.6 Å². The van der Waals surface area contributed by atoms with Gasteiger partial charge in [-0.05, 0) is 36.1 Å². The molecule has 1 nitrogen and oxygen atoms in total. The average Bonchev–Trinajstić information content (AvgIpc) is 2.43. The Labute approximate surface area is 115 Å². The van der Waals surface area contributed by atoms with Gasteiger partial charge < -0.3 is 4.74 Å². The molecule has 0 N–H and O–H groups in total. The lowest BCUT2D eigenvalue weighted by Gasteiger charge is -2.22. The number of aryl methyl sites for hydroxylation is 2. The summed E-state index contributed by atoms with van der Waals surface area (Å²) in [5.74, 6) is 0. The summed E-state index contributed by atoms with van der Waals surface area (Å²) >= 11 is 0. The van der Waals surface area contributed by atoms with Crippen LogP contribution in [-0.4, -0.2) is 6.61 Å². The highest BCUT2D eigenvalue weighted by Gasteiger charge is 2.18. The van der Waals surface area contributed by atoms with E-state index in [1.165, 1.54) is 22.3 Å². The first kappa shape index (κ1) is 13.6. The van der Waals surface area contributed by atoms with Gasteiger partial charge in [0, 0.05) is 0 Å². The second kappa shape index (κ2) is 6.35. The Hall–Kier alpha value is -1.86. The summed E-state index contributed by atoms with van der Waals surface area (Å²) in [5.41, 5.74) is 4.97. The van der Waals surface area contributed by atoms with E-state index in [2.05, 4.69) is 50.8 Å². The van der Waals surface area contributed by atoms with Crippen molar-refractivity contribution in [2.45, 2.75) is 20.0 Å². The smallest absolute Gasteiger partial charge is 0.108 e. The zero-order valence-electron chi connectivity index (χ0n) is 11.6. The summed E-state index contributed by atoms with van der Waals surface area (Å²) < 4.78 is 6.01. The molecule has 0 amide bonds. The third kappa shape index (κ3) is 3.12. The molecule has 0 radical (unpaired) electrons. The Kier molecular flexibility index (Phi) is 4.53. The van der Waals surface area contributed by atoms with Crippen LogP contribution in [0.25, 0.3) is 0 Å². The minimum absolute atomic E-state index is 0.0274. The van der Waals surface area contributed by atoms with Gasteiger partial charge in [0.1, 0.15) is 6.10 Å². The van der Waals surface area contributed by atoms with Gasteiger partial charge >= 0.3 is 0 Å². The third-order valence-electron chi connectivity index (χ3n) is 3.29. The molecule has 0 aliphatic heterocycles. The monoisotopic (exact) mass is 252 g/mol. The van der Waals surface area contributed by atoms with Crippen molar-refractivity contribution in [3.8, 4) is 0 Å².